The first-order valence-electron chi connectivity index (χ1n) is 3.45. The van der Waals surface area contributed by atoms with E-state index in [0.717, 1.165) is 18.3 Å². The molecule has 0 bridgehead atoms. The topological polar surface area (TPSA) is 20.2 Å². The number of hydrogen-bond donors (Lipinski definition) is 1. The lowest BCUT2D eigenvalue weighted by Crippen LogP contribution is -2.23. The molecule has 1 heteroatoms. The number of hydrogen-bond acceptors (Lipinski definition) is 1. The quantitative estimate of drug-likeness (QED) is 0.575. The van der Waals surface area contributed by atoms with Gasteiger partial charge in [0.05, 0.1) is 0 Å². The Bertz CT molecular complexity index is 70.8. The summed E-state index contributed by atoms with van der Waals surface area (Å²) in [4.78, 5) is 0. The molecule has 0 amide bonds. The summed E-state index contributed by atoms with van der Waals surface area (Å²) in [6.45, 7) is 2.65. The van der Waals surface area contributed by atoms with E-state index in [1.165, 1.54) is 12.8 Å². The van der Waals surface area contributed by atoms with Gasteiger partial charge in [0.25, 0.3) is 0 Å². The maximum absolute atomic E-state index is 8.52. The molecule has 1 fully saturated rings. The Hall–Kier alpha value is -0.0400. The molecule has 1 saturated carbocycles. The first kappa shape index (κ1) is 6.09. The second kappa shape index (κ2) is 2.49. The van der Waals surface area contributed by atoms with Crippen LogP contribution in [0.5, 0.6) is 0 Å². The molecule has 0 aromatic heterocycles. The number of aliphatic hydroxyl groups is 1. The van der Waals surface area contributed by atoms with Gasteiger partial charge in [-0.05, 0) is 24.7 Å². The molecule has 1 nitrogen and oxygen atoms in total. The standard InChI is InChI=1S/C7H14O/c1-6-2-3-7(6)4-5-8/h6-8H,2-5H2,1H3/t6-,7-/m1/s1. The fourth-order valence-corrected chi connectivity index (χ4v) is 1.33. The van der Waals surface area contributed by atoms with Gasteiger partial charge in [-0.25, -0.2) is 0 Å². The van der Waals surface area contributed by atoms with Crippen molar-refractivity contribution in [3.63, 3.8) is 0 Å². The van der Waals surface area contributed by atoms with Crippen LogP contribution in [-0.4, -0.2) is 11.7 Å². The highest BCUT2D eigenvalue weighted by Gasteiger charge is 2.25. The highest BCUT2D eigenvalue weighted by Crippen LogP contribution is 2.35. The monoisotopic (exact) mass is 114 g/mol. The molecule has 1 rings (SSSR count). The lowest BCUT2D eigenvalue weighted by Gasteiger charge is -2.33. The minimum atomic E-state index is 0.384. The molecule has 8 heavy (non-hydrogen) atoms. The van der Waals surface area contributed by atoms with E-state index < -0.39 is 0 Å². The zero-order valence-corrected chi connectivity index (χ0v) is 5.43. The summed E-state index contributed by atoms with van der Waals surface area (Å²) in [5, 5.41) is 8.52. The largest absolute Gasteiger partial charge is 0.396 e. The van der Waals surface area contributed by atoms with Crippen molar-refractivity contribution >= 4 is 0 Å². The van der Waals surface area contributed by atoms with Gasteiger partial charge in [-0.2, -0.15) is 0 Å². The molecule has 2 atom stereocenters. The molecule has 0 aromatic rings. The molecule has 0 unspecified atom stereocenters. The third-order valence-corrected chi connectivity index (χ3v) is 2.30. The zero-order chi connectivity index (χ0) is 5.98. The summed E-state index contributed by atoms with van der Waals surface area (Å²) in [6, 6.07) is 0. The fourth-order valence-electron chi connectivity index (χ4n) is 1.33. The van der Waals surface area contributed by atoms with Crippen LogP contribution in [0.4, 0.5) is 0 Å². The zero-order valence-electron chi connectivity index (χ0n) is 5.43. The average Bonchev–Trinajstić information content (AvgIpc) is 1.79. The van der Waals surface area contributed by atoms with E-state index in [1.54, 1.807) is 0 Å². The lowest BCUT2D eigenvalue weighted by atomic mass is 9.73. The fraction of sp³-hybridized carbons (Fsp3) is 1.00. The van der Waals surface area contributed by atoms with Crippen molar-refractivity contribution in [3.8, 4) is 0 Å². The minimum Gasteiger partial charge on any atom is -0.396 e. The van der Waals surface area contributed by atoms with E-state index in [-0.39, 0.29) is 0 Å². The van der Waals surface area contributed by atoms with Gasteiger partial charge in [-0.15, -0.1) is 0 Å². The van der Waals surface area contributed by atoms with E-state index in [2.05, 4.69) is 6.92 Å². The highest BCUT2D eigenvalue weighted by molar-refractivity contribution is 4.76. The lowest BCUT2D eigenvalue weighted by molar-refractivity contribution is 0.144. The Morgan fingerprint density at radius 2 is 2.25 bits per heavy atom. The molecule has 1 N–H and O–H groups in total. The third kappa shape index (κ3) is 1.03. The van der Waals surface area contributed by atoms with E-state index in [1.807, 2.05) is 0 Å². The normalized spacial score (nSPS) is 36.8. The van der Waals surface area contributed by atoms with Gasteiger partial charge >= 0.3 is 0 Å². The second-order valence-electron chi connectivity index (χ2n) is 2.83. The molecule has 1 aliphatic rings. The van der Waals surface area contributed by atoms with Crippen molar-refractivity contribution in [1.82, 2.24) is 0 Å². The summed E-state index contributed by atoms with van der Waals surface area (Å²) >= 11 is 0. The van der Waals surface area contributed by atoms with E-state index in [0.29, 0.717) is 6.61 Å². The summed E-state index contributed by atoms with van der Waals surface area (Å²) in [7, 11) is 0. The SMILES string of the molecule is C[C@@H]1CC[C@@H]1CCO. The van der Waals surface area contributed by atoms with Crippen LogP contribution in [0.2, 0.25) is 0 Å². The molecule has 1 aliphatic carbocycles. The van der Waals surface area contributed by atoms with E-state index >= 15 is 0 Å². The van der Waals surface area contributed by atoms with Crippen molar-refractivity contribution < 1.29 is 5.11 Å². The van der Waals surface area contributed by atoms with E-state index in [4.69, 9.17) is 5.11 Å². The van der Waals surface area contributed by atoms with Gasteiger partial charge in [0.1, 0.15) is 0 Å². The molecule has 0 aliphatic heterocycles. The van der Waals surface area contributed by atoms with Gasteiger partial charge in [0.15, 0.2) is 0 Å². The molecule has 0 heterocycles. The van der Waals surface area contributed by atoms with Crippen LogP contribution in [0.15, 0.2) is 0 Å². The van der Waals surface area contributed by atoms with Crippen LogP contribution in [0.25, 0.3) is 0 Å². The smallest absolute Gasteiger partial charge is 0.0433 e. The summed E-state index contributed by atoms with van der Waals surface area (Å²) in [5.41, 5.74) is 0. The minimum absolute atomic E-state index is 0.384. The predicted octanol–water partition coefficient (Wildman–Crippen LogP) is 1.41. The Balaban J connectivity index is 2.08. The number of rotatable bonds is 2. The van der Waals surface area contributed by atoms with Gasteiger partial charge in [0.2, 0.25) is 0 Å². The molecule has 48 valence electrons. The van der Waals surface area contributed by atoms with Gasteiger partial charge in [-0.3, -0.25) is 0 Å². The first-order chi connectivity index (χ1) is 3.84. The van der Waals surface area contributed by atoms with Crippen molar-refractivity contribution in [1.29, 1.82) is 0 Å². The van der Waals surface area contributed by atoms with Crippen molar-refractivity contribution in [2.45, 2.75) is 26.2 Å². The Morgan fingerprint density at radius 1 is 1.50 bits per heavy atom. The Labute approximate surface area is 50.7 Å². The van der Waals surface area contributed by atoms with Crippen molar-refractivity contribution in [2.75, 3.05) is 6.61 Å². The Kier molecular flexibility index (Phi) is 1.90. The van der Waals surface area contributed by atoms with Crippen LogP contribution < -0.4 is 0 Å². The molecule has 0 radical (unpaired) electrons. The molecule has 0 aromatic carbocycles. The summed E-state index contributed by atoms with van der Waals surface area (Å²) < 4.78 is 0. The van der Waals surface area contributed by atoms with Crippen LogP contribution >= 0.6 is 0 Å². The first-order valence-corrected chi connectivity index (χ1v) is 3.45. The summed E-state index contributed by atoms with van der Waals surface area (Å²) in [6.07, 6.45) is 3.76. The summed E-state index contributed by atoms with van der Waals surface area (Å²) in [5.74, 6) is 1.74. The van der Waals surface area contributed by atoms with Crippen LogP contribution in [0, 0.1) is 11.8 Å². The number of aliphatic hydroxyl groups excluding tert-OH is 1. The molecular formula is C7H14O. The molecular weight excluding hydrogens is 100 g/mol. The highest BCUT2D eigenvalue weighted by atomic mass is 16.3. The van der Waals surface area contributed by atoms with Crippen LogP contribution in [0.3, 0.4) is 0 Å². The van der Waals surface area contributed by atoms with Crippen LogP contribution in [0.1, 0.15) is 26.2 Å². The Morgan fingerprint density at radius 3 is 2.38 bits per heavy atom. The van der Waals surface area contributed by atoms with Crippen molar-refractivity contribution in [3.05, 3.63) is 0 Å². The predicted molar refractivity (Wildman–Crippen MR) is 33.6 cm³/mol. The van der Waals surface area contributed by atoms with Crippen molar-refractivity contribution in [2.24, 2.45) is 11.8 Å². The second-order valence-corrected chi connectivity index (χ2v) is 2.83. The van der Waals surface area contributed by atoms with Gasteiger partial charge in [0, 0.05) is 6.61 Å². The van der Waals surface area contributed by atoms with Gasteiger partial charge < -0.3 is 5.11 Å². The maximum atomic E-state index is 8.52. The maximum Gasteiger partial charge on any atom is 0.0433 e. The van der Waals surface area contributed by atoms with Gasteiger partial charge in [-0.1, -0.05) is 13.3 Å². The third-order valence-electron chi connectivity index (χ3n) is 2.30. The van der Waals surface area contributed by atoms with Crippen LogP contribution in [-0.2, 0) is 0 Å². The van der Waals surface area contributed by atoms with E-state index in [9.17, 15) is 0 Å². The molecule has 0 spiro atoms. The average molecular weight is 114 g/mol. The molecule has 0 saturated heterocycles.